The predicted molar refractivity (Wildman–Crippen MR) is 255 cm³/mol. The fourth-order valence-electron chi connectivity index (χ4n) is 9.78. The third-order valence-corrected chi connectivity index (χ3v) is 12.7. The maximum atomic E-state index is 5.61. The molecule has 292 valence electrons. The van der Waals surface area contributed by atoms with Gasteiger partial charge in [-0.3, -0.25) is 0 Å². The Morgan fingerprint density at radius 2 is 0.644 bits per heavy atom. The Bertz CT molecular complexity index is 2990. The Hall–Kier alpha value is -6.17. The van der Waals surface area contributed by atoms with E-state index in [-0.39, 0.29) is 0 Å². The van der Waals surface area contributed by atoms with E-state index in [4.69, 9.17) is 9.97 Å². The van der Waals surface area contributed by atoms with Crippen LogP contribution in [0.3, 0.4) is 0 Å². The van der Waals surface area contributed by atoms with Gasteiger partial charge < -0.3 is 9.97 Å². The number of aromatic amines is 2. The number of fused-ring (bicyclic) bond motifs is 8. The summed E-state index contributed by atoms with van der Waals surface area (Å²) in [6.45, 7) is 19.8. The smallest absolute Gasteiger partial charge is 0.0737 e. The van der Waals surface area contributed by atoms with Gasteiger partial charge >= 0.3 is 0 Å². The number of H-pyrrole nitrogens is 2. The lowest BCUT2D eigenvalue weighted by Crippen LogP contribution is -1.96. The van der Waals surface area contributed by atoms with E-state index in [1.54, 1.807) is 11.8 Å². The van der Waals surface area contributed by atoms with Crippen molar-refractivity contribution in [2.45, 2.75) is 67.2 Å². The minimum Gasteiger partial charge on any atom is -0.354 e. The van der Waals surface area contributed by atoms with Gasteiger partial charge in [0.1, 0.15) is 0 Å². The van der Waals surface area contributed by atoms with Crippen LogP contribution in [-0.2, 0) is 0 Å². The number of benzene rings is 4. The van der Waals surface area contributed by atoms with E-state index in [0.717, 1.165) is 72.7 Å². The molecule has 0 amide bonds. The number of hydrogen-bond acceptors (Lipinski definition) is 3. The van der Waals surface area contributed by atoms with Gasteiger partial charge in [0.15, 0.2) is 0 Å². The molecule has 3 aromatic heterocycles. The van der Waals surface area contributed by atoms with Crippen molar-refractivity contribution in [2.24, 2.45) is 0 Å². The van der Waals surface area contributed by atoms with Crippen molar-refractivity contribution in [1.82, 2.24) is 19.9 Å². The van der Waals surface area contributed by atoms with Crippen LogP contribution in [0.5, 0.6) is 0 Å². The number of aromatic nitrogens is 4. The van der Waals surface area contributed by atoms with Crippen molar-refractivity contribution in [1.29, 1.82) is 0 Å². The van der Waals surface area contributed by atoms with Crippen LogP contribution in [0.4, 0.5) is 0 Å². The van der Waals surface area contributed by atoms with Gasteiger partial charge in [0.05, 0.1) is 22.8 Å². The molecule has 2 N–H and O–H groups in total. The number of nitrogens with zero attached hydrogens (tertiary/aromatic N) is 2. The van der Waals surface area contributed by atoms with Crippen molar-refractivity contribution < 1.29 is 0 Å². The molecule has 7 aromatic rings. The maximum Gasteiger partial charge on any atom is 0.0737 e. The molecule has 4 nitrogen and oxygen atoms in total. The molecule has 5 heteroatoms. The molecule has 0 spiro atoms. The highest BCUT2D eigenvalue weighted by molar-refractivity contribution is 7.98. The molecule has 5 heterocycles. The van der Waals surface area contributed by atoms with Crippen LogP contribution < -0.4 is 0 Å². The molecule has 0 aliphatic carbocycles. The number of thioether (sulfide) groups is 1. The average molecular weight is 787 g/mol. The normalized spacial score (nSPS) is 12.2. The summed E-state index contributed by atoms with van der Waals surface area (Å²) in [5.74, 6) is 0. The first-order chi connectivity index (χ1) is 28.4. The first-order valence-electron chi connectivity index (χ1n) is 20.4. The molecule has 0 atom stereocenters. The number of rotatable bonds is 5. The van der Waals surface area contributed by atoms with Crippen LogP contribution >= 0.6 is 11.8 Å². The minimum atomic E-state index is 0.917. The highest BCUT2D eigenvalue weighted by Gasteiger charge is 2.22. The van der Waals surface area contributed by atoms with Crippen LogP contribution in [0.2, 0.25) is 0 Å². The van der Waals surface area contributed by atoms with E-state index in [1.807, 2.05) is 0 Å². The third-order valence-electron chi connectivity index (χ3n) is 11.9. The van der Waals surface area contributed by atoms with Crippen LogP contribution in [0.15, 0.2) is 89.8 Å². The Labute approximate surface area is 352 Å². The summed E-state index contributed by atoms with van der Waals surface area (Å²) >= 11 is 1.75. The third kappa shape index (κ3) is 6.77. The highest BCUT2D eigenvalue weighted by atomic mass is 32.2. The maximum absolute atomic E-state index is 5.61. The SMILES string of the molecule is CSc1ccc(-c2c3nc(c(-c4c(C)cc(C)cc4C)c4ccc([nH]4)c(-c4c(C)cc(C)cc4C)c4nc(c(-c5c(C)cc(C)cc5C)c5ccc2[nH]5)C=C4)C=C3)cc1. The average Bonchev–Trinajstić information content (AvgIpc) is 4.02. The predicted octanol–water partition coefficient (Wildman–Crippen LogP) is 14.8. The second-order valence-electron chi connectivity index (χ2n) is 16.6. The molecular weight excluding hydrogens is 737 g/mol. The lowest BCUT2D eigenvalue weighted by molar-refractivity contribution is 1.27. The van der Waals surface area contributed by atoms with E-state index in [1.165, 1.54) is 71.7 Å². The van der Waals surface area contributed by atoms with Crippen molar-refractivity contribution in [3.05, 3.63) is 158 Å². The van der Waals surface area contributed by atoms with E-state index in [0.29, 0.717) is 0 Å². The lowest BCUT2D eigenvalue weighted by Gasteiger charge is -2.14. The van der Waals surface area contributed by atoms with Gasteiger partial charge in [-0.2, -0.15) is 0 Å². The van der Waals surface area contributed by atoms with Crippen LogP contribution in [0.25, 0.3) is 90.9 Å². The summed E-state index contributed by atoms with van der Waals surface area (Å²) in [5.41, 5.74) is 27.9. The minimum absolute atomic E-state index is 0.917. The zero-order valence-corrected chi connectivity index (χ0v) is 36.5. The zero-order valence-electron chi connectivity index (χ0n) is 35.7. The molecule has 4 aromatic carbocycles. The van der Waals surface area contributed by atoms with Crippen molar-refractivity contribution in [3.8, 4) is 44.5 Å². The number of aryl methyl sites for hydroxylation is 9. The first-order valence-corrected chi connectivity index (χ1v) is 21.7. The quantitative estimate of drug-likeness (QED) is 0.171. The van der Waals surface area contributed by atoms with Gasteiger partial charge in [0, 0.05) is 49.2 Å². The van der Waals surface area contributed by atoms with Crippen molar-refractivity contribution in [3.63, 3.8) is 0 Å². The number of nitrogens with one attached hydrogen (secondary N) is 2. The van der Waals surface area contributed by atoms with Crippen molar-refractivity contribution >= 4 is 58.1 Å². The van der Waals surface area contributed by atoms with Crippen LogP contribution in [0.1, 0.15) is 72.8 Å². The molecule has 8 bridgehead atoms. The van der Waals surface area contributed by atoms with E-state index in [9.17, 15) is 0 Å². The monoisotopic (exact) mass is 786 g/mol. The molecule has 59 heavy (non-hydrogen) atoms. The van der Waals surface area contributed by atoms with Crippen LogP contribution in [-0.4, -0.2) is 26.2 Å². The van der Waals surface area contributed by atoms with E-state index < -0.39 is 0 Å². The highest BCUT2D eigenvalue weighted by Crippen LogP contribution is 2.42. The first kappa shape index (κ1) is 38.4. The van der Waals surface area contributed by atoms with E-state index in [2.05, 4.69) is 188 Å². The van der Waals surface area contributed by atoms with Crippen LogP contribution in [0, 0.1) is 62.3 Å². The van der Waals surface area contributed by atoms with Gasteiger partial charge in [-0.25, -0.2) is 9.97 Å². The molecule has 0 radical (unpaired) electrons. The molecule has 2 aliphatic rings. The molecular formula is C54H50N4S. The zero-order chi connectivity index (χ0) is 41.3. The second kappa shape index (κ2) is 14.9. The Morgan fingerprint density at radius 1 is 0.356 bits per heavy atom. The summed E-state index contributed by atoms with van der Waals surface area (Å²) in [6.07, 6.45) is 10.9. The summed E-state index contributed by atoms with van der Waals surface area (Å²) in [5, 5.41) is 0. The Kier molecular flexibility index (Phi) is 9.68. The molecule has 2 aliphatic heterocycles. The molecule has 0 fully saturated rings. The Morgan fingerprint density at radius 3 is 0.949 bits per heavy atom. The number of hydrogen-bond donors (Lipinski definition) is 2. The van der Waals surface area contributed by atoms with Gasteiger partial charge in [-0.1, -0.05) is 65.2 Å². The largest absolute Gasteiger partial charge is 0.354 e. The van der Waals surface area contributed by atoms with Crippen molar-refractivity contribution in [2.75, 3.05) is 6.26 Å². The molecule has 0 saturated carbocycles. The molecule has 0 saturated heterocycles. The molecule has 0 unspecified atom stereocenters. The summed E-state index contributed by atoms with van der Waals surface area (Å²) in [4.78, 5) is 20.3. The summed E-state index contributed by atoms with van der Waals surface area (Å²) < 4.78 is 0. The fraction of sp³-hybridized carbons (Fsp3) is 0.185. The topological polar surface area (TPSA) is 57.4 Å². The standard InChI is InChI=1S/C54H50N4S/c1-29-23-32(4)48(33(5)24-29)52-42-17-15-40(55-42)51(38-11-13-39(59-10)14-12-38)41-16-18-43(56-41)53(49-34(6)25-30(2)26-35(49)7)45-20-22-47(58-45)54(46-21-19-44(52)57-46)50-36(8)27-31(3)28-37(50)9/h11-28,55,58H,1-10H3. The van der Waals surface area contributed by atoms with Gasteiger partial charge in [-0.15, -0.1) is 11.8 Å². The van der Waals surface area contributed by atoms with Gasteiger partial charge in [0.25, 0.3) is 0 Å². The van der Waals surface area contributed by atoms with E-state index >= 15 is 0 Å². The van der Waals surface area contributed by atoms with Gasteiger partial charge in [-0.05, 0) is 185 Å². The lowest BCUT2D eigenvalue weighted by atomic mass is 9.92. The summed E-state index contributed by atoms with van der Waals surface area (Å²) in [7, 11) is 0. The fourth-order valence-corrected chi connectivity index (χ4v) is 10.2. The molecule has 9 rings (SSSR count). The van der Waals surface area contributed by atoms with Gasteiger partial charge in [0.2, 0.25) is 0 Å². The summed E-state index contributed by atoms with van der Waals surface area (Å²) in [6, 6.07) is 31.5. The second-order valence-corrected chi connectivity index (χ2v) is 17.4. The Balaban J connectivity index is 1.52.